The molecule has 2 aromatic carbocycles. The summed E-state index contributed by atoms with van der Waals surface area (Å²) in [6, 6.07) is 7.54. The first-order chi connectivity index (χ1) is 8.97. The molecular weight excluding hydrogens is 271 g/mol. The topological polar surface area (TPSA) is 26.0 Å². The van der Waals surface area contributed by atoms with Crippen LogP contribution < -0.4 is 5.73 Å². The van der Waals surface area contributed by atoms with Crippen LogP contribution in [0.25, 0.3) is 0 Å². The van der Waals surface area contributed by atoms with Gasteiger partial charge in [0, 0.05) is 15.8 Å². The maximum absolute atomic E-state index is 13.2. The molecule has 0 radical (unpaired) electrons. The Labute approximate surface area is 113 Å². The molecule has 1 unspecified atom stereocenters. The minimum absolute atomic E-state index is 0.344. The van der Waals surface area contributed by atoms with Crippen molar-refractivity contribution >= 4 is 11.8 Å². The van der Waals surface area contributed by atoms with Crippen molar-refractivity contribution in [1.82, 2.24) is 0 Å². The molecule has 100 valence electrons. The van der Waals surface area contributed by atoms with Gasteiger partial charge in [-0.2, -0.15) is 0 Å². The third kappa shape index (κ3) is 3.30. The lowest BCUT2D eigenvalue weighted by molar-refractivity contribution is 0.506. The fourth-order valence-corrected chi connectivity index (χ4v) is 2.69. The lowest BCUT2D eigenvalue weighted by Crippen LogP contribution is -2.06. The molecule has 0 heterocycles. The second-order valence-electron chi connectivity index (χ2n) is 4.15. The minimum atomic E-state index is -0.908. The van der Waals surface area contributed by atoms with E-state index in [0.29, 0.717) is 10.5 Å². The molecule has 19 heavy (non-hydrogen) atoms. The highest BCUT2D eigenvalue weighted by atomic mass is 32.2. The van der Waals surface area contributed by atoms with E-state index in [1.807, 2.05) is 0 Å². The summed E-state index contributed by atoms with van der Waals surface area (Å²) in [5.74, 6) is -2.17. The fraction of sp³-hybridized carbons (Fsp3) is 0.143. The lowest BCUT2D eigenvalue weighted by Gasteiger charge is -2.12. The quantitative estimate of drug-likeness (QED) is 0.910. The monoisotopic (exact) mass is 283 g/mol. The Morgan fingerprint density at radius 2 is 1.74 bits per heavy atom. The number of rotatable bonds is 3. The van der Waals surface area contributed by atoms with Crippen molar-refractivity contribution in [2.45, 2.75) is 22.8 Å². The van der Waals surface area contributed by atoms with Gasteiger partial charge in [0.15, 0.2) is 11.6 Å². The predicted octanol–water partition coefficient (Wildman–Crippen LogP) is 4.27. The van der Waals surface area contributed by atoms with Crippen LogP contribution in [0.5, 0.6) is 0 Å². The maximum Gasteiger partial charge on any atom is 0.159 e. The molecule has 0 saturated carbocycles. The molecule has 0 amide bonds. The van der Waals surface area contributed by atoms with Crippen LogP contribution in [0.1, 0.15) is 18.5 Å². The molecule has 0 spiro atoms. The van der Waals surface area contributed by atoms with Crippen LogP contribution in [0.2, 0.25) is 0 Å². The summed E-state index contributed by atoms with van der Waals surface area (Å²) >= 11 is 1.22. The zero-order chi connectivity index (χ0) is 14.0. The summed E-state index contributed by atoms with van der Waals surface area (Å²) in [4.78, 5) is 1.26. The summed E-state index contributed by atoms with van der Waals surface area (Å²) in [7, 11) is 0. The van der Waals surface area contributed by atoms with Crippen LogP contribution in [-0.2, 0) is 0 Å². The van der Waals surface area contributed by atoms with Crippen LogP contribution in [-0.4, -0.2) is 0 Å². The van der Waals surface area contributed by atoms with E-state index in [2.05, 4.69) is 0 Å². The highest BCUT2D eigenvalue weighted by Gasteiger charge is 2.11. The van der Waals surface area contributed by atoms with Gasteiger partial charge >= 0.3 is 0 Å². The first-order valence-electron chi connectivity index (χ1n) is 5.65. The molecule has 0 fully saturated rings. The van der Waals surface area contributed by atoms with Crippen LogP contribution in [0, 0.1) is 17.5 Å². The molecule has 2 N–H and O–H groups in total. The summed E-state index contributed by atoms with van der Waals surface area (Å²) in [5, 5.41) is 0. The molecule has 0 aliphatic carbocycles. The maximum atomic E-state index is 13.2. The molecule has 0 aliphatic heterocycles. The van der Waals surface area contributed by atoms with E-state index in [-0.39, 0.29) is 11.9 Å². The zero-order valence-electron chi connectivity index (χ0n) is 10.2. The third-order valence-corrected chi connectivity index (χ3v) is 3.66. The van der Waals surface area contributed by atoms with E-state index < -0.39 is 11.6 Å². The molecule has 0 aromatic heterocycles. The number of halogens is 3. The Morgan fingerprint density at radius 3 is 2.37 bits per heavy atom. The van der Waals surface area contributed by atoms with Crippen molar-refractivity contribution in [3.8, 4) is 0 Å². The van der Waals surface area contributed by atoms with Gasteiger partial charge in [-0.05, 0) is 48.9 Å². The smallest absolute Gasteiger partial charge is 0.159 e. The number of benzene rings is 2. The highest BCUT2D eigenvalue weighted by molar-refractivity contribution is 7.99. The molecule has 5 heteroatoms. The summed E-state index contributed by atoms with van der Waals surface area (Å²) in [6.07, 6.45) is 0. The zero-order valence-corrected chi connectivity index (χ0v) is 11.0. The van der Waals surface area contributed by atoms with Crippen molar-refractivity contribution in [3.63, 3.8) is 0 Å². The van der Waals surface area contributed by atoms with E-state index in [1.165, 1.54) is 30.0 Å². The molecule has 0 saturated heterocycles. The van der Waals surface area contributed by atoms with E-state index >= 15 is 0 Å². The van der Waals surface area contributed by atoms with E-state index in [9.17, 15) is 13.2 Å². The number of hydrogen-bond donors (Lipinski definition) is 1. The minimum Gasteiger partial charge on any atom is -0.324 e. The summed E-state index contributed by atoms with van der Waals surface area (Å²) in [6.45, 7) is 1.74. The van der Waals surface area contributed by atoms with Gasteiger partial charge < -0.3 is 5.73 Å². The predicted molar refractivity (Wildman–Crippen MR) is 69.5 cm³/mol. The molecule has 1 atom stereocenters. The molecule has 2 aromatic rings. The van der Waals surface area contributed by atoms with Crippen LogP contribution in [0.4, 0.5) is 13.2 Å². The highest BCUT2D eigenvalue weighted by Crippen LogP contribution is 2.33. The standard InChI is InChI=1S/C14H12F3NS/c1-8(18)11-6-9(15)2-5-14(11)19-10-3-4-12(16)13(17)7-10/h2-8H,18H2,1H3. The SMILES string of the molecule is CC(N)c1cc(F)ccc1Sc1ccc(F)c(F)c1. The normalized spacial score (nSPS) is 12.5. The van der Waals surface area contributed by atoms with Crippen molar-refractivity contribution in [3.05, 3.63) is 59.4 Å². The fourth-order valence-electron chi connectivity index (χ4n) is 1.64. The molecule has 1 nitrogen and oxygen atoms in total. The molecule has 2 rings (SSSR count). The molecular formula is C14H12F3NS. The first-order valence-corrected chi connectivity index (χ1v) is 6.47. The Balaban J connectivity index is 2.35. The summed E-state index contributed by atoms with van der Waals surface area (Å²) < 4.78 is 39.2. The summed E-state index contributed by atoms with van der Waals surface area (Å²) in [5.41, 5.74) is 6.41. The largest absolute Gasteiger partial charge is 0.324 e. The Bertz CT molecular complexity index is 599. The van der Waals surface area contributed by atoms with Gasteiger partial charge in [-0.3, -0.25) is 0 Å². The Hall–Kier alpha value is -1.46. The molecule has 0 aliphatic rings. The van der Waals surface area contributed by atoms with Gasteiger partial charge in [-0.1, -0.05) is 11.8 Å². The van der Waals surface area contributed by atoms with Gasteiger partial charge in [-0.25, -0.2) is 13.2 Å². The molecule has 0 bridgehead atoms. The van der Waals surface area contributed by atoms with Crippen molar-refractivity contribution < 1.29 is 13.2 Å². The average molecular weight is 283 g/mol. The Kier molecular flexibility index (Phi) is 4.17. The van der Waals surface area contributed by atoms with Crippen LogP contribution in [0.15, 0.2) is 46.2 Å². The van der Waals surface area contributed by atoms with Gasteiger partial charge in [0.2, 0.25) is 0 Å². The second kappa shape index (κ2) is 5.67. The third-order valence-electron chi connectivity index (χ3n) is 2.58. The van der Waals surface area contributed by atoms with E-state index in [1.54, 1.807) is 13.0 Å². The number of hydrogen-bond acceptors (Lipinski definition) is 2. The van der Waals surface area contributed by atoms with Crippen LogP contribution in [0.3, 0.4) is 0 Å². The second-order valence-corrected chi connectivity index (χ2v) is 5.26. The van der Waals surface area contributed by atoms with Crippen molar-refractivity contribution in [1.29, 1.82) is 0 Å². The van der Waals surface area contributed by atoms with Gasteiger partial charge in [0.05, 0.1) is 0 Å². The van der Waals surface area contributed by atoms with Crippen LogP contribution >= 0.6 is 11.8 Å². The van der Waals surface area contributed by atoms with Gasteiger partial charge in [0.1, 0.15) is 5.82 Å². The first kappa shape index (κ1) is 14.0. The van der Waals surface area contributed by atoms with Crippen molar-refractivity contribution in [2.75, 3.05) is 0 Å². The average Bonchev–Trinajstić information content (AvgIpc) is 2.36. The number of nitrogens with two attached hydrogens (primary N) is 1. The van der Waals surface area contributed by atoms with E-state index in [0.717, 1.165) is 17.0 Å². The van der Waals surface area contributed by atoms with Gasteiger partial charge in [-0.15, -0.1) is 0 Å². The Morgan fingerprint density at radius 1 is 1.00 bits per heavy atom. The van der Waals surface area contributed by atoms with E-state index in [4.69, 9.17) is 5.73 Å². The van der Waals surface area contributed by atoms with Gasteiger partial charge in [0.25, 0.3) is 0 Å². The lowest BCUT2D eigenvalue weighted by atomic mass is 10.1. The van der Waals surface area contributed by atoms with Crippen molar-refractivity contribution in [2.24, 2.45) is 5.73 Å².